The monoisotopic (exact) mass is 234 g/mol. The SMILES string of the molecule is C#CCN(CC)c1ccc(C(C)NC)cc1F. The molecule has 0 bridgehead atoms. The lowest BCUT2D eigenvalue weighted by molar-refractivity contribution is 0.604. The third-order valence-corrected chi connectivity index (χ3v) is 2.91. The topological polar surface area (TPSA) is 15.3 Å². The largest absolute Gasteiger partial charge is 0.358 e. The molecular weight excluding hydrogens is 215 g/mol. The molecule has 0 spiro atoms. The van der Waals surface area contributed by atoms with E-state index in [0.29, 0.717) is 18.8 Å². The van der Waals surface area contributed by atoms with Gasteiger partial charge in [0.25, 0.3) is 0 Å². The first-order chi connectivity index (χ1) is 8.13. The highest BCUT2D eigenvalue weighted by Gasteiger charge is 2.11. The first-order valence-electron chi connectivity index (χ1n) is 5.79. The van der Waals surface area contributed by atoms with Gasteiger partial charge in [-0.1, -0.05) is 12.0 Å². The van der Waals surface area contributed by atoms with Crippen molar-refractivity contribution in [3.05, 3.63) is 29.6 Å². The number of hydrogen-bond acceptors (Lipinski definition) is 2. The van der Waals surface area contributed by atoms with Crippen LogP contribution in [0.4, 0.5) is 10.1 Å². The van der Waals surface area contributed by atoms with Gasteiger partial charge < -0.3 is 10.2 Å². The van der Waals surface area contributed by atoms with Gasteiger partial charge in [0.2, 0.25) is 0 Å². The summed E-state index contributed by atoms with van der Waals surface area (Å²) in [4.78, 5) is 1.84. The zero-order chi connectivity index (χ0) is 12.8. The zero-order valence-electron chi connectivity index (χ0n) is 10.6. The lowest BCUT2D eigenvalue weighted by atomic mass is 10.1. The summed E-state index contributed by atoms with van der Waals surface area (Å²) >= 11 is 0. The van der Waals surface area contributed by atoms with Crippen LogP contribution in [0.2, 0.25) is 0 Å². The summed E-state index contributed by atoms with van der Waals surface area (Å²) < 4.78 is 14.0. The molecule has 0 aromatic heterocycles. The molecule has 3 heteroatoms. The summed E-state index contributed by atoms with van der Waals surface area (Å²) in [5.74, 6) is 2.32. The molecule has 0 aliphatic heterocycles. The molecule has 1 rings (SSSR count). The first kappa shape index (κ1) is 13.5. The van der Waals surface area contributed by atoms with Crippen LogP contribution in [-0.4, -0.2) is 20.1 Å². The number of nitrogens with one attached hydrogen (secondary N) is 1. The molecule has 1 N–H and O–H groups in total. The summed E-state index contributed by atoms with van der Waals surface area (Å²) in [7, 11) is 1.85. The summed E-state index contributed by atoms with van der Waals surface area (Å²) in [5.41, 5.74) is 1.50. The lowest BCUT2D eigenvalue weighted by Crippen LogP contribution is -2.24. The van der Waals surface area contributed by atoms with Crippen molar-refractivity contribution in [2.24, 2.45) is 0 Å². The van der Waals surface area contributed by atoms with E-state index in [9.17, 15) is 4.39 Å². The van der Waals surface area contributed by atoms with Gasteiger partial charge in [0.15, 0.2) is 0 Å². The maximum absolute atomic E-state index is 14.0. The van der Waals surface area contributed by atoms with E-state index in [4.69, 9.17) is 6.42 Å². The van der Waals surface area contributed by atoms with Crippen LogP contribution >= 0.6 is 0 Å². The van der Waals surface area contributed by atoms with Crippen molar-refractivity contribution in [1.82, 2.24) is 5.32 Å². The van der Waals surface area contributed by atoms with Crippen LogP contribution in [-0.2, 0) is 0 Å². The molecule has 0 fully saturated rings. The fraction of sp³-hybridized carbons (Fsp3) is 0.429. The van der Waals surface area contributed by atoms with Gasteiger partial charge in [-0.15, -0.1) is 6.42 Å². The van der Waals surface area contributed by atoms with Crippen molar-refractivity contribution in [3.63, 3.8) is 0 Å². The van der Waals surface area contributed by atoms with E-state index in [1.807, 2.05) is 31.9 Å². The number of anilines is 1. The maximum atomic E-state index is 14.0. The zero-order valence-corrected chi connectivity index (χ0v) is 10.6. The Bertz CT molecular complexity index is 409. The molecule has 0 aliphatic rings. The molecular formula is C14H19FN2. The van der Waals surface area contributed by atoms with E-state index in [1.165, 1.54) is 0 Å². The smallest absolute Gasteiger partial charge is 0.146 e. The van der Waals surface area contributed by atoms with E-state index < -0.39 is 0 Å². The minimum atomic E-state index is -0.221. The Morgan fingerprint density at radius 1 is 1.53 bits per heavy atom. The van der Waals surface area contributed by atoms with Gasteiger partial charge in [0, 0.05) is 12.6 Å². The van der Waals surface area contributed by atoms with Crippen molar-refractivity contribution in [1.29, 1.82) is 0 Å². The summed E-state index contributed by atoms with van der Waals surface area (Å²) in [6.45, 7) is 5.07. The van der Waals surface area contributed by atoms with Crippen LogP contribution in [0.25, 0.3) is 0 Å². The highest BCUT2D eigenvalue weighted by atomic mass is 19.1. The van der Waals surface area contributed by atoms with E-state index >= 15 is 0 Å². The van der Waals surface area contributed by atoms with E-state index in [-0.39, 0.29) is 11.9 Å². The average molecular weight is 234 g/mol. The van der Waals surface area contributed by atoms with Crippen LogP contribution in [0.3, 0.4) is 0 Å². The van der Waals surface area contributed by atoms with Crippen molar-refractivity contribution in [3.8, 4) is 12.3 Å². The highest BCUT2D eigenvalue weighted by molar-refractivity contribution is 5.50. The second-order valence-electron chi connectivity index (χ2n) is 3.94. The van der Waals surface area contributed by atoms with Gasteiger partial charge in [0.05, 0.1) is 12.2 Å². The quantitative estimate of drug-likeness (QED) is 0.788. The molecule has 1 atom stereocenters. The maximum Gasteiger partial charge on any atom is 0.146 e. The Kier molecular flexibility index (Phi) is 4.99. The average Bonchev–Trinajstić information content (AvgIpc) is 2.35. The lowest BCUT2D eigenvalue weighted by Gasteiger charge is -2.22. The molecule has 1 aromatic rings. The van der Waals surface area contributed by atoms with E-state index in [0.717, 1.165) is 5.56 Å². The van der Waals surface area contributed by atoms with Crippen molar-refractivity contribution >= 4 is 5.69 Å². The Morgan fingerprint density at radius 3 is 2.71 bits per heavy atom. The second-order valence-corrected chi connectivity index (χ2v) is 3.94. The van der Waals surface area contributed by atoms with Crippen LogP contribution in [0.15, 0.2) is 18.2 Å². The van der Waals surface area contributed by atoms with Crippen molar-refractivity contribution < 1.29 is 4.39 Å². The normalized spacial score (nSPS) is 11.9. The molecule has 0 heterocycles. The van der Waals surface area contributed by atoms with Crippen molar-refractivity contribution in [2.75, 3.05) is 25.0 Å². The Hall–Kier alpha value is -1.53. The molecule has 0 radical (unpaired) electrons. The van der Waals surface area contributed by atoms with Gasteiger partial charge in [0.1, 0.15) is 5.82 Å². The van der Waals surface area contributed by atoms with E-state index in [1.54, 1.807) is 12.1 Å². The molecule has 0 aliphatic carbocycles. The van der Waals surface area contributed by atoms with Crippen LogP contribution < -0.4 is 10.2 Å². The second kappa shape index (κ2) is 6.27. The van der Waals surface area contributed by atoms with Crippen LogP contribution in [0.5, 0.6) is 0 Å². The minimum Gasteiger partial charge on any atom is -0.358 e. The molecule has 92 valence electrons. The highest BCUT2D eigenvalue weighted by Crippen LogP contribution is 2.23. The third-order valence-electron chi connectivity index (χ3n) is 2.91. The molecule has 0 saturated carbocycles. The number of nitrogens with zero attached hydrogens (tertiary/aromatic N) is 1. The summed E-state index contributed by atoms with van der Waals surface area (Å²) in [6.07, 6.45) is 5.27. The number of terminal acetylenes is 1. The summed E-state index contributed by atoms with van der Waals surface area (Å²) in [6, 6.07) is 5.43. The van der Waals surface area contributed by atoms with Crippen LogP contribution in [0, 0.1) is 18.2 Å². The fourth-order valence-corrected chi connectivity index (χ4v) is 1.69. The molecule has 1 aromatic carbocycles. The minimum absolute atomic E-state index is 0.140. The number of benzene rings is 1. The van der Waals surface area contributed by atoms with E-state index in [2.05, 4.69) is 11.2 Å². The standard InChI is InChI=1S/C14H19FN2/c1-5-9-17(6-2)14-8-7-12(10-13(14)15)11(3)16-4/h1,7-8,10-11,16H,6,9H2,2-4H3. The Balaban J connectivity index is 3.00. The summed E-state index contributed by atoms with van der Waals surface area (Å²) in [5, 5.41) is 3.08. The van der Waals surface area contributed by atoms with Gasteiger partial charge >= 0.3 is 0 Å². The molecule has 2 nitrogen and oxygen atoms in total. The first-order valence-corrected chi connectivity index (χ1v) is 5.79. The predicted octanol–water partition coefficient (Wildman–Crippen LogP) is 2.57. The molecule has 1 unspecified atom stereocenters. The molecule has 0 saturated heterocycles. The predicted molar refractivity (Wildman–Crippen MR) is 70.6 cm³/mol. The van der Waals surface area contributed by atoms with Crippen molar-refractivity contribution in [2.45, 2.75) is 19.9 Å². The van der Waals surface area contributed by atoms with Gasteiger partial charge in [-0.2, -0.15) is 0 Å². The number of hydrogen-bond donors (Lipinski definition) is 1. The number of rotatable bonds is 5. The fourth-order valence-electron chi connectivity index (χ4n) is 1.69. The Morgan fingerprint density at radius 2 is 2.24 bits per heavy atom. The Labute approximate surface area is 103 Å². The number of halogens is 1. The molecule has 0 amide bonds. The van der Waals surface area contributed by atoms with Gasteiger partial charge in [-0.3, -0.25) is 0 Å². The van der Waals surface area contributed by atoms with Crippen LogP contribution in [0.1, 0.15) is 25.5 Å². The third kappa shape index (κ3) is 3.21. The van der Waals surface area contributed by atoms with Gasteiger partial charge in [-0.25, -0.2) is 4.39 Å². The molecule has 17 heavy (non-hydrogen) atoms. The van der Waals surface area contributed by atoms with Gasteiger partial charge in [-0.05, 0) is 38.6 Å².